The molecule has 0 spiro atoms. The second-order valence-corrected chi connectivity index (χ2v) is 8.21. The van der Waals surface area contributed by atoms with Gasteiger partial charge in [0.05, 0.1) is 13.2 Å². The van der Waals surface area contributed by atoms with Crippen molar-refractivity contribution in [3.8, 4) is 0 Å². The highest BCUT2D eigenvalue weighted by molar-refractivity contribution is 5.69. The molecule has 0 N–H and O–H groups in total. The molecule has 0 aliphatic rings. The zero-order valence-corrected chi connectivity index (χ0v) is 17.6. The van der Waals surface area contributed by atoms with Crippen LogP contribution in [0.4, 0.5) is 0 Å². The summed E-state index contributed by atoms with van der Waals surface area (Å²) in [6.45, 7) is 15.8. The summed E-state index contributed by atoms with van der Waals surface area (Å²) in [5.74, 6) is -0.106. The van der Waals surface area contributed by atoms with Gasteiger partial charge in [-0.05, 0) is 40.0 Å². The summed E-state index contributed by atoms with van der Waals surface area (Å²) in [6, 6.07) is 0. The van der Waals surface area contributed by atoms with Crippen molar-refractivity contribution in [1.82, 2.24) is 0 Å². The first-order chi connectivity index (χ1) is 11.7. The van der Waals surface area contributed by atoms with Gasteiger partial charge < -0.3 is 9.47 Å². The molecule has 25 heavy (non-hydrogen) atoms. The van der Waals surface area contributed by atoms with E-state index in [2.05, 4.69) is 60.6 Å². The lowest BCUT2D eigenvalue weighted by molar-refractivity contribution is -0.159. The number of carbonyl (C=O) groups is 1. The fraction of sp³-hybridized carbons (Fsp3) is 0.773. The maximum Gasteiger partial charge on any atom is 0.306 e. The Bertz CT molecular complexity index is 423. The molecule has 3 nitrogen and oxygen atoms in total. The predicted molar refractivity (Wildman–Crippen MR) is 107 cm³/mol. The molecule has 0 fully saturated rings. The van der Waals surface area contributed by atoms with Gasteiger partial charge in [-0.25, -0.2) is 0 Å². The molecule has 0 bridgehead atoms. The molecule has 0 amide bonds. The third-order valence-electron chi connectivity index (χ3n) is 4.13. The molecule has 146 valence electrons. The van der Waals surface area contributed by atoms with E-state index >= 15 is 0 Å². The Morgan fingerprint density at radius 1 is 1.04 bits per heavy atom. The Morgan fingerprint density at radius 3 is 2.28 bits per heavy atom. The summed E-state index contributed by atoms with van der Waals surface area (Å²) in [5, 5.41) is 0. The summed E-state index contributed by atoms with van der Waals surface area (Å²) < 4.78 is 11.4. The Balaban J connectivity index is 4.28. The molecule has 0 radical (unpaired) electrons. The van der Waals surface area contributed by atoms with Crippen LogP contribution in [0.3, 0.4) is 0 Å². The molecule has 0 aromatic heterocycles. The lowest BCUT2D eigenvalue weighted by atomic mass is 9.89. The molecule has 0 saturated heterocycles. The molecular formula is C22H40O3. The van der Waals surface area contributed by atoms with E-state index in [0.717, 1.165) is 32.1 Å². The molecule has 0 rings (SSSR count). The number of rotatable bonds is 12. The average molecular weight is 353 g/mol. The fourth-order valence-electron chi connectivity index (χ4n) is 2.26. The summed E-state index contributed by atoms with van der Waals surface area (Å²) in [4.78, 5) is 12.0. The molecular weight excluding hydrogens is 312 g/mol. The van der Waals surface area contributed by atoms with Crippen LogP contribution in [0, 0.1) is 5.41 Å². The molecule has 0 aromatic rings. The largest absolute Gasteiger partial charge is 0.459 e. The van der Waals surface area contributed by atoms with Crippen molar-refractivity contribution in [3.05, 3.63) is 23.3 Å². The number of esters is 1. The van der Waals surface area contributed by atoms with Crippen molar-refractivity contribution in [2.24, 2.45) is 5.41 Å². The van der Waals surface area contributed by atoms with Crippen LogP contribution in [0.25, 0.3) is 0 Å². The second kappa shape index (κ2) is 13.2. The van der Waals surface area contributed by atoms with E-state index in [1.165, 1.54) is 11.1 Å². The summed E-state index contributed by atoms with van der Waals surface area (Å²) >= 11 is 0. The molecule has 1 atom stereocenters. The number of allylic oxidation sites excluding steroid dienone is 3. The van der Waals surface area contributed by atoms with Crippen molar-refractivity contribution in [1.29, 1.82) is 0 Å². The van der Waals surface area contributed by atoms with Gasteiger partial charge in [0.25, 0.3) is 0 Å². The molecule has 0 aliphatic heterocycles. The molecule has 0 heterocycles. The highest BCUT2D eigenvalue weighted by Crippen LogP contribution is 2.23. The van der Waals surface area contributed by atoms with E-state index in [1.54, 1.807) is 0 Å². The number of unbranched alkanes of at least 4 members (excludes halogenated alkanes) is 2. The number of hydrogen-bond donors (Lipinski definition) is 0. The minimum absolute atomic E-state index is 0.106. The Hall–Kier alpha value is -1.09. The smallest absolute Gasteiger partial charge is 0.306 e. The van der Waals surface area contributed by atoms with Crippen molar-refractivity contribution in [2.75, 3.05) is 13.2 Å². The number of ether oxygens (including phenoxy) is 2. The van der Waals surface area contributed by atoms with Crippen LogP contribution in [-0.4, -0.2) is 25.3 Å². The van der Waals surface area contributed by atoms with Crippen LogP contribution in [0.5, 0.6) is 0 Å². The van der Waals surface area contributed by atoms with Gasteiger partial charge in [-0.3, -0.25) is 4.79 Å². The van der Waals surface area contributed by atoms with Crippen LogP contribution in [0.2, 0.25) is 0 Å². The zero-order chi connectivity index (χ0) is 19.3. The SMILES string of the molecule is CCCCCC(=O)OC(COC/C=C(/C)CCC=C(C)C)C(C)(C)C. The van der Waals surface area contributed by atoms with Gasteiger partial charge >= 0.3 is 5.97 Å². The highest BCUT2D eigenvalue weighted by Gasteiger charge is 2.28. The fourth-order valence-corrected chi connectivity index (χ4v) is 2.26. The van der Waals surface area contributed by atoms with Gasteiger partial charge in [0.15, 0.2) is 0 Å². The van der Waals surface area contributed by atoms with Gasteiger partial charge in [-0.15, -0.1) is 0 Å². The van der Waals surface area contributed by atoms with Crippen molar-refractivity contribution >= 4 is 5.97 Å². The Kier molecular flexibility index (Phi) is 12.6. The second-order valence-electron chi connectivity index (χ2n) is 8.21. The average Bonchev–Trinajstić information content (AvgIpc) is 2.49. The van der Waals surface area contributed by atoms with E-state index in [0.29, 0.717) is 19.6 Å². The topological polar surface area (TPSA) is 35.5 Å². The quantitative estimate of drug-likeness (QED) is 0.237. The van der Waals surface area contributed by atoms with Gasteiger partial charge in [0.2, 0.25) is 0 Å². The minimum atomic E-state index is -0.207. The molecule has 1 unspecified atom stereocenters. The third kappa shape index (κ3) is 13.8. The molecule has 3 heteroatoms. The van der Waals surface area contributed by atoms with Gasteiger partial charge in [0.1, 0.15) is 6.10 Å². The monoisotopic (exact) mass is 352 g/mol. The lowest BCUT2D eigenvalue weighted by Crippen LogP contribution is -2.35. The number of hydrogen-bond acceptors (Lipinski definition) is 3. The first-order valence-corrected chi connectivity index (χ1v) is 9.73. The third-order valence-corrected chi connectivity index (χ3v) is 4.13. The summed E-state index contributed by atoms with van der Waals surface area (Å²) in [7, 11) is 0. The van der Waals surface area contributed by atoms with E-state index < -0.39 is 0 Å². The minimum Gasteiger partial charge on any atom is -0.459 e. The first-order valence-electron chi connectivity index (χ1n) is 9.73. The van der Waals surface area contributed by atoms with Crippen LogP contribution in [0.15, 0.2) is 23.3 Å². The van der Waals surface area contributed by atoms with E-state index in [4.69, 9.17) is 9.47 Å². The Labute approximate surface area is 155 Å². The van der Waals surface area contributed by atoms with Crippen molar-refractivity contribution in [2.45, 2.75) is 93.1 Å². The van der Waals surface area contributed by atoms with E-state index in [9.17, 15) is 4.79 Å². The van der Waals surface area contributed by atoms with E-state index in [-0.39, 0.29) is 17.5 Å². The standard InChI is InChI=1S/C22H40O3/c1-8-9-10-14-21(23)25-20(22(5,6)7)17-24-16-15-19(4)13-11-12-18(2)3/h12,15,20H,8-11,13-14,16-17H2,1-7H3/b19-15-. The first kappa shape index (κ1) is 23.9. The van der Waals surface area contributed by atoms with Crippen LogP contribution < -0.4 is 0 Å². The molecule has 0 aromatic carbocycles. The molecule has 0 aliphatic carbocycles. The summed E-state index contributed by atoms with van der Waals surface area (Å²) in [5.41, 5.74) is 2.57. The highest BCUT2D eigenvalue weighted by atomic mass is 16.6. The summed E-state index contributed by atoms with van der Waals surface area (Å²) in [6.07, 6.45) is 9.90. The van der Waals surface area contributed by atoms with Crippen LogP contribution in [0.1, 0.15) is 87.0 Å². The Morgan fingerprint density at radius 2 is 1.72 bits per heavy atom. The normalized spacial score (nSPS) is 13.5. The lowest BCUT2D eigenvalue weighted by Gasteiger charge is -2.30. The van der Waals surface area contributed by atoms with Gasteiger partial charge in [0, 0.05) is 11.8 Å². The van der Waals surface area contributed by atoms with Gasteiger partial charge in [-0.1, -0.05) is 63.8 Å². The van der Waals surface area contributed by atoms with Crippen molar-refractivity contribution in [3.63, 3.8) is 0 Å². The van der Waals surface area contributed by atoms with Crippen LogP contribution in [-0.2, 0) is 14.3 Å². The predicted octanol–water partition coefficient (Wildman–Crippen LogP) is 6.23. The maximum absolute atomic E-state index is 12.0. The van der Waals surface area contributed by atoms with E-state index in [1.807, 2.05) is 0 Å². The van der Waals surface area contributed by atoms with Crippen LogP contribution >= 0.6 is 0 Å². The van der Waals surface area contributed by atoms with Gasteiger partial charge in [-0.2, -0.15) is 0 Å². The maximum atomic E-state index is 12.0. The zero-order valence-electron chi connectivity index (χ0n) is 17.6. The number of carbonyl (C=O) groups excluding carboxylic acids is 1. The van der Waals surface area contributed by atoms with Crippen molar-refractivity contribution < 1.29 is 14.3 Å². The molecule has 0 saturated carbocycles.